The number of amides is 2. The molecule has 0 radical (unpaired) electrons. The number of benzene rings is 1. The molecule has 0 bridgehead atoms. The third-order valence-corrected chi connectivity index (χ3v) is 6.40. The van der Waals surface area contributed by atoms with E-state index in [1.807, 2.05) is 0 Å². The van der Waals surface area contributed by atoms with Crippen molar-refractivity contribution in [2.45, 2.75) is 44.4 Å². The number of ether oxygens (including phenoxy) is 1. The van der Waals surface area contributed by atoms with E-state index in [2.05, 4.69) is 23.3 Å². The maximum absolute atomic E-state index is 12.4. The first-order valence-corrected chi connectivity index (χ1v) is 11.8. The molecule has 0 saturated carbocycles. The van der Waals surface area contributed by atoms with E-state index in [4.69, 9.17) is 0 Å². The number of hydrogen-bond donors (Lipinski definition) is 1. The number of halogens is 3. The minimum atomic E-state index is -4.87. The fourth-order valence-electron chi connectivity index (χ4n) is 3.13. The highest BCUT2D eigenvalue weighted by atomic mass is 32.2. The molecule has 1 aliphatic heterocycles. The molecule has 180 valence electrons. The fraction of sp³-hybridized carbons (Fsp3) is 0.600. The maximum atomic E-state index is 12.4. The number of piperazine rings is 1. The Bertz CT molecular complexity index is 881. The minimum Gasteiger partial charge on any atom is -0.406 e. The molecule has 1 aromatic rings. The lowest BCUT2D eigenvalue weighted by Crippen LogP contribution is -2.51. The topological polar surface area (TPSA) is 96.0 Å². The van der Waals surface area contributed by atoms with Crippen LogP contribution in [0.25, 0.3) is 0 Å². The third kappa shape index (κ3) is 8.30. The highest BCUT2D eigenvalue weighted by molar-refractivity contribution is 7.89. The summed E-state index contributed by atoms with van der Waals surface area (Å²) in [6.07, 6.45) is -3.64. The summed E-state index contributed by atoms with van der Waals surface area (Å²) in [5.74, 6) is -0.258. The lowest BCUT2D eigenvalue weighted by Gasteiger charge is -2.35. The second kappa shape index (κ2) is 11.0. The zero-order valence-electron chi connectivity index (χ0n) is 18.0. The maximum Gasteiger partial charge on any atom is 0.573 e. The second-order valence-corrected chi connectivity index (χ2v) is 9.63. The van der Waals surface area contributed by atoms with Crippen LogP contribution in [-0.4, -0.2) is 69.1 Å². The minimum absolute atomic E-state index is 0.0736. The summed E-state index contributed by atoms with van der Waals surface area (Å²) in [5, 5.41) is 0. The number of hydrogen-bond acceptors (Lipinski definition) is 5. The van der Waals surface area contributed by atoms with Gasteiger partial charge in [-0.05, 0) is 36.6 Å². The summed E-state index contributed by atoms with van der Waals surface area (Å²) in [6.45, 7) is 5.61. The van der Waals surface area contributed by atoms with Gasteiger partial charge in [0, 0.05) is 45.6 Å². The molecular weight excluding hydrogens is 451 g/mol. The van der Waals surface area contributed by atoms with Gasteiger partial charge in [0.2, 0.25) is 21.8 Å². The van der Waals surface area contributed by atoms with Crippen LogP contribution in [0.5, 0.6) is 5.75 Å². The van der Waals surface area contributed by atoms with E-state index in [0.717, 1.165) is 30.7 Å². The van der Waals surface area contributed by atoms with Crippen molar-refractivity contribution in [3.8, 4) is 5.75 Å². The summed E-state index contributed by atoms with van der Waals surface area (Å²) < 4.78 is 67.1. The summed E-state index contributed by atoms with van der Waals surface area (Å²) in [5.41, 5.74) is 0. The largest absolute Gasteiger partial charge is 0.573 e. The van der Waals surface area contributed by atoms with Crippen LogP contribution in [0.15, 0.2) is 29.2 Å². The Morgan fingerprint density at radius 2 is 1.50 bits per heavy atom. The quantitative estimate of drug-likeness (QED) is 0.587. The molecular formula is C20H28F3N3O5S. The van der Waals surface area contributed by atoms with Crippen molar-refractivity contribution >= 4 is 21.8 Å². The average Bonchev–Trinajstić information content (AvgIpc) is 2.71. The summed E-state index contributed by atoms with van der Waals surface area (Å²) in [7, 11) is -3.99. The van der Waals surface area contributed by atoms with Gasteiger partial charge in [-0.2, -0.15) is 0 Å². The number of alkyl halides is 3. The first-order valence-electron chi connectivity index (χ1n) is 10.3. The molecule has 32 heavy (non-hydrogen) atoms. The first-order chi connectivity index (χ1) is 14.9. The van der Waals surface area contributed by atoms with Crippen LogP contribution >= 0.6 is 0 Å². The Hall–Kier alpha value is -2.34. The average molecular weight is 480 g/mol. The highest BCUT2D eigenvalue weighted by Crippen LogP contribution is 2.23. The van der Waals surface area contributed by atoms with Gasteiger partial charge in [-0.15, -0.1) is 13.2 Å². The van der Waals surface area contributed by atoms with Gasteiger partial charge in [-0.1, -0.05) is 13.8 Å². The molecule has 1 fully saturated rings. The number of sulfonamides is 1. The predicted octanol–water partition coefficient (Wildman–Crippen LogP) is 2.36. The van der Waals surface area contributed by atoms with Crippen molar-refractivity contribution in [3.63, 3.8) is 0 Å². The Kier molecular flexibility index (Phi) is 8.90. The van der Waals surface area contributed by atoms with Gasteiger partial charge >= 0.3 is 6.36 Å². The van der Waals surface area contributed by atoms with Gasteiger partial charge < -0.3 is 14.5 Å². The third-order valence-electron chi connectivity index (χ3n) is 4.92. The number of carbonyl (C=O) groups is 2. The molecule has 0 unspecified atom stereocenters. The molecule has 1 aliphatic rings. The summed E-state index contributed by atoms with van der Waals surface area (Å²) in [4.78, 5) is 27.6. The Balaban J connectivity index is 1.77. The van der Waals surface area contributed by atoms with Crippen molar-refractivity contribution in [1.82, 2.24) is 14.5 Å². The van der Waals surface area contributed by atoms with Crippen LogP contribution in [0.1, 0.15) is 33.1 Å². The van der Waals surface area contributed by atoms with Crippen LogP contribution in [0, 0.1) is 5.92 Å². The molecule has 1 saturated heterocycles. The fourth-order valence-corrected chi connectivity index (χ4v) is 4.16. The lowest BCUT2D eigenvalue weighted by atomic mass is 10.1. The second-order valence-electron chi connectivity index (χ2n) is 7.86. The van der Waals surface area contributed by atoms with Crippen LogP contribution in [0.3, 0.4) is 0 Å². The monoisotopic (exact) mass is 479 g/mol. The van der Waals surface area contributed by atoms with Crippen LogP contribution in [0.4, 0.5) is 13.2 Å². The highest BCUT2D eigenvalue weighted by Gasteiger charge is 2.31. The molecule has 0 atom stereocenters. The van der Waals surface area contributed by atoms with Crippen molar-refractivity contribution in [2.24, 2.45) is 5.92 Å². The zero-order valence-corrected chi connectivity index (χ0v) is 18.8. The zero-order chi connectivity index (χ0) is 23.9. The molecule has 0 aromatic heterocycles. The van der Waals surface area contributed by atoms with Crippen molar-refractivity contribution < 1.29 is 35.9 Å². The Morgan fingerprint density at radius 3 is 1.97 bits per heavy atom. The number of nitrogens with zero attached hydrogens (tertiary/aromatic N) is 2. The normalized spacial score (nSPS) is 15.2. The van der Waals surface area contributed by atoms with Crippen LogP contribution < -0.4 is 9.46 Å². The molecule has 0 aliphatic carbocycles. The smallest absolute Gasteiger partial charge is 0.406 e. The predicted molar refractivity (Wildman–Crippen MR) is 110 cm³/mol. The van der Waals surface area contributed by atoms with Gasteiger partial charge in [-0.25, -0.2) is 13.1 Å². The molecule has 2 amide bonds. The molecule has 0 spiro atoms. The lowest BCUT2D eigenvalue weighted by molar-refractivity contribution is -0.274. The molecule has 1 N–H and O–H groups in total. The van der Waals surface area contributed by atoms with Gasteiger partial charge in [0.15, 0.2) is 0 Å². The SMILES string of the molecule is CC(C)CCC(=O)N1CCN(C(=O)CCNS(=O)(=O)c2ccc(OC(F)(F)F)cc2)CC1. The van der Waals surface area contributed by atoms with Crippen LogP contribution in [-0.2, 0) is 19.6 Å². The molecule has 1 heterocycles. The molecule has 12 heteroatoms. The summed E-state index contributed by atoms with van der Waals surface area (Å²) in [6, 6.07) is 3.77. The van der Waals surface area contributed by atoms with Gasteiger partial charge in [0.25, 0.3) is 0 Å². The van der Waals surface area contributed by atoms with Gasteiger partial charge in [-0.3, -0.25) is 9.59 Å². The van der Waals surface area contributed by atoms with Crippen molar-refractivity contribution in [2.75, 3.05) is 32.7 Å². The van der Waals surface area contributed by atoms with E-state index in [0.29, 0.717) is 38.5 Å². The van der Waals surface area contributed by atoms with Gasteiger partial charge in [0.05, 0.1) is 4.90 Å². The van der Waals surface area contributed by atoms with Gasteiger partial charge in [0.1, 0.15) is 5.75 Å². The van der Waals surface area contributed by atoms with Crippen LogP contribution in [0.2, 0.25) is 0 Å². The van der Waals surface area contributed by atoms with E-state index in [-0.39, 0.29) is 29.7 Å². The van der Waals surface area contributed by atoms with E-state index in [1.54, 1.807) is 9.80 Å². The number of carbonyl (C=O) groups excluding carboxylic acids is 2. The molecule has 8 nitrogen and oxygen atoms in total. The summed E-state index contributed by atoms with van der Waals surface area (Å²) >= 11 is 0. The Morgan fingerprint density at radius 1 is 1.00 bits per heavy atom. The van der Waals surface area contributed by atoms with E-state index < -0.39 is 22.1 Å². The van der Waals surface area contributed by atoms with Crippen molar-refractivity contribution in [1.29, 1.82) is 0 Å². The number of rotatable bonds is 9. The standard InChI is InChI=1S/C20H28F3N3O5S/c1-15(2)3-8-18(27)25-11-13-26(14-12-25)19(28)9-10-24-32(29,30)17-6-4-16(5-7-17)31-20(21,22)23/h4-7,15,24H,3,8-14H2,1-2H3. The van der Waals surface area contributed by atoms with E-state index >= 15 is 0 Å². The van der Waals surface area contributed by atoms with E-state index in [1.165, 1.54) is 0 Å². The molecule has 2 rings (SSSR count). The Labute approximate surface area is 185 Å². The first kappa shape index (κ1) is 25.9. The van der Waals surface area contributed by atoms with E-state index in [9.17, 15) is 31.2 Å². The molecule has 1 aromatic carbocycles. The van der Waals surface area contributed by atoms with Crippen molar-refractivity contribution in [3.05, 3.63) is 24.3 Å². The number of nitrogens with one attached hydrogen (secondary N) is 1.